The quantitative estimate of drug-likeness (QED) is 0.878. The Hall–Kier alpha value is -2.61. The maximum Gasteiger partial charge on any atom is 0.270 e. The number of carbonyl (C=O) groups is 1. The Balaban J connectivity index is 1.68. The third-order valence-electron chi connectivity index (χ3n) is 3.60. The van der Waals surface area contributed by atoms with E-state index >= 15 is 0 Å². The van der Waals surface area contributed by atoms with E-state index in [1.54, 1.807) is 0 Å². The van der Waals surface area contributed by atoms with Crippen LogP contribution < -0.4 is 10.6 Å². The molecule has 1 amide bonds. The van der Waals surface area contributed by atoms with Crippen molar-refractivity contribution in [1.82, 2.24) is 15.3 Å². The summed E-state index contributed by atoms with van der Waals surface area (Å²) in [5.74, 6) is -2.01. The van der Waals surface area contributed by atoms with Crippen LogP contribution in [0.25, 0.3) is 0 Å². The van der Waals surface area contributed by atoms with E-state index in [9.17, 15) is 13.6 Å². The van der Waals surface area contributed by atoms with Gasteiger partial charge < -0.3 is 15.4 Å². The van der Waals surface area contributed by atoms with Crippen molar-refractivity contribution in [2.45, 2.75) is 18.9 Å². The Morgan fingerprint density at radius 1 is 1.29 bits per heavy atom. The minimum Gasteiger partial charge on any atom is -0.376 e. The largest absolute Gasteiger partial charge is 0.376 e. The highest BCUT2D eigenvalue weighted by atomic mass is 19.1. The number of nitrogens with one attached hydrogen (secondary N) is 2. The van der Waals surface area contributed by atoms with E-state index in [0.717, 1.165) is 25.0 Å². The van der Waals surface area contributed by atoms with Crippen molar-refractivity contribution in [3.63, 3.8) is 0 Å². The standard InChI is InChI=1S/C16H16F2N4O2/c17-11-4-1-5-12(18)14(11)22-16-19-7-6-13(21-16)15(23)20-9-10-3-2-8-24-10/h1,4-7,10H,2-3,8-9H2,(H,20,23)(H,19,21,22). The van der Waals surface area contributed by atoms with Gasteiger partial charge in [0.05, 0.1) is 6.10 Å². The number of ether oxygens (including phenoxy) is 1. The van der Waals surface area contributed by atoms with E-state index in [2.05, 4.69) is 20.6 Å². The highest BCUT2D eigenvalue weighted by molar-refractivity contribution is 5.92. The van der Waals surface area contributed by atoms with Gasteiger partial charge in [-0.2, -0.15) is 0 Å². The van der Waals surface area contributed by atoms with Gasteiger partial charge >= 0.3 is 0 Å². The van der Waals surface area contributed by atoms with Gasteiger partial charge in [0.2, 0.25) is 5.95 Å². The fourth-order valence-corrected chi connectivity index (χ4v) is 2.38. The van der Waals surface area contributed by atoms with Gasteiger partial charge in [0.1, 0.15) is 23.0 Å². The molecule has 1 unspecified atom stereocenters. The monoisotopic (exact) mass is 334 g/mol. The number of aromatic nitrogens is 2. The molecule has 2 heterocycles. The Morgan fingerprint density at radius 3 is 2.79 bits per heavy atom. The molecule has 0 saturated carbocycles. The van der Waals surface area contributed by atoms with Crippen LogP contribution in [-0.2, 0) is 4.74 Å². The molecule has 24 heavy (non-hydrogen) atoms. The van der Waals surface area contributed by atoms with E-state index < -0.39 is 17.5 Å². The molecule has 0 bridgehead atoms. The lowest BCUT2D eigenvalue weighted by Gasteiger charge is -2.11. The average Bonchev–Trinajstić information content (AvgIpc) is 3.10. The third kappa shape index (κ3) is 3.83. The van der Waals surface area contributed by atoms with Gasteiger partial charge in [-0.3, -0.25) is 4.79 Å². The van der Waals surface area contributed by atoms with Gasteiger partial charge in [-0.15, -0.1) is 0 Å². The van der Waals surface area contributed by atoms with E-state index in [1.807, 2.05) is 0 Å². The topological polar surface area (TPSA) is 76.1 Å². The number of para-hydroxylation sites is 1. The molecule has 126 valence electrons. The number of anilines is 2. The number of carbonyl (C=O) groups excluding carboxylic acids is 1. The van der Waals surface area contributed by atoms with Crippen molar-refractivity contribution in [2.24, 2.45) is 0 Å². The van der Waals surface area contributed by atoms with E-state index in [-0.39, 0.29) is 23.4 Å². The zero-order chi connectivity index (χ0) is 16.9. The van der Waals surface area contributed by atoms with Crippen LogP contribution in [-0.4, -0.2) is 35.1 Å². The first-order valence-electron chi connectivity index (χ1n) is 7.57. The third-order valence-corrected chi connectivity index (χ3v) is 3.60. The lowest BCUT2D eigenvalue weighted by molar-refractivity contribution is 0.0853. The molecule has 0 radical (unpaired) electrons. The van der Waals surface area contributed by atoms with Crippen LogP contribution in [0.3, 0.4) is 0 Å². The van der Waals surface area contributed by atoms with Crippen molar-refractivity contribution in [3.8, 4) is 0 Å². The first-order chi connectivity index (χ1) is 11.6. The number of rotatable bonds is 5. The van der Waals surface area contributed by atoms with Crippen LogP contribution in [0, 0.1) is 11.6 Å². The van der Waals surface area contributed by atoms with Gasteiger partial charge in [0.15, 0.2) is 0 Å². The molecule has 2 N–H and O–H groups in total. The minimum absolute atomic E-state index is 0.0147. The fourth-order valence-electron chi connectivity index (χ4n) is 2.38. The van der Waals surface area contributed by atoms with E-state index in [4.69, 9.17) is 4.74 Å². The van der Waals surface area contributed by atoms with Gasteiger partial charge in [0, 0.05) is 19.3 Å². The molecular weight excluding hydrogens is 318 g/mol. The number of hydrogen-bond donors (Lipinski definition) is 2. The number of amides is 1. The van der Waals surface area contributed by atoms with Crippen LogP contribution >= 0.6 is 0 Å². The van der Waals surface area contributed by atoms with Crippen molar-refractivity contribution in [2.75, 3.05) is 18.5 Å². The zero-order valence-electron chi connectivity index (χ0n) is 12.8. The first kappa shape index (κ1) is 16.3. The van der Waals surface area contributed by atoms with Crippen molar-refractivity contribution < 1.29 is 18.3 Å². The van der Waals surface area contributed by atoms with Crippen LogP contribution in [0.4, 0.5) is 20.4 Å². The Bertz CT molecular complexity index is 716. The number of halogens is 2. The highest BCUT2D eigenvalue weighted by Gasteiger charge is 2.17. The molecule has 0 spiro atoms. The lowest BCUT2D eigenvalue weighted by Crippen LogP contribution is -2.32. The molecule has 2 aromatic rings. The van der Waals surface area contributed by atoms with Gasteiger partial charge in [-0.05, 0) is 31.0 Å². The van der Waals surface area contributed by atoms with Crippen molar-refractivity contribution in [3.05, 3.63) is 47.8 Å². The predicted molar refractivity (Wildman–Crippen MR) is 83.0 cm³/mol. The maximum atomic E-state index is 13.6. The van der Waals surface area contributed by atoms with E-state index in [0.29, 0.717) is 13.2 Å². The summed E-state index contributed by atoms with van der Waals surface area (Å²) < 4.78 is 32.7. The van der Waals surface area contributed by atoms with Crippen LogP contribution in [0.2, 0.25) is 0 Å². The molecule has 1 aliphatic heterocycles. The smallest absolute Gasteiger partial charge is 0.270 e. The number of hydrogen-bond acceptors (Lipinski definition) is 5. The van der Waals surface area contributed by atoms with Gasteiger partial charge in [0.25, 0.3) is 5.91 Å². The molecule has 8 heteroatoms. The SMILES string of the molecule is O=C(NCC1CCCO1)c1ccnc(Nc2c(F)cccc2F)n1. The molecule has 1 saturated heterocycles. The van der Waals surface area contributed by atoms with Gasteiger partial charge in [-0.1, -0.05) is 6.07 Å². The maximum absolute atomic E-state index is 13.6. The fraction of sp³-hybridized carbons (Fsp3) is 0.312. The van der Waals surface area contributed by atoms with Crippen LogP contribution in [0.15, 0.2) is 30.5 Å². The molecular formula is C16H16F2N4O2. The normalized spacial score (nSPS) is 16.8. The summed E-state index contributed by atoms with van der Waals surface area (Å²) in [6, 6.07) is 4.91. The summed E-state index contributed by atoms with van der Waals surface area (Å²) in [5, 5.41) is 5.18. The minimum atomic E-state index is -0.771. The summed E-state index contributed by atoms with van der Waals surface area (Å²) in [7, 11) is 0. The summed E-state index contributed by atoms with van der Waals surface area (Å²) >= 11 is 0. The molecule has 1 fully saturated rings. The zero-order valence-corrected chi connectivity index (χ0v) is 12.8. The summed E-state index contributed by atoms with van der Waals surface area (Å²) in [4.78, 5) is 20.0. The Kier molecular flexibility index (Phi) is 4.95. The molecule has 0 aliphatic carbocycles. The van der Waals surface area contributed by atoms with Crippen LogP contribution in [0.5, 0.6) is 0 Å². The lowest BCUT2D eigenvalue weighted by atomic mass is 10.2. The van der Waals surface area contributed by atoms with Crippen molar-refractivity contribution in [1.29, 1.82) is 0 Å². The molecule has 1 aromatic heterocycles. The number of benzene rings is 1. The van der Waals surface area contributed by atoms with Crippen molar-refractivity contribution >= 4 is 17.5 Å². The molecule has 1 atom stereocenters. The van der Waals surface area contributed by atoms with E-state index in [1.165, 1.54) is 18.3 Å². The van der Waals surface area contributed by atoms with Gasteiger partial charge in [-0.25, -0.2) is 18.7 Å². The second-order valence-electron chi connectivity index (χ2n) is 5.33. The molecule has 6 nitrogen and oxygen atoms in total. The summed E-state index contributed by atoms with van der Waals surface area (Å²) in [6.45, 7) is 1.10. The molecule has 3 rings (SSSR count). The Labute approximate surface area is 137 Å². The second-order valence-corrected chi connectivity index (χ2v) is 5.33. The Morgan fingerprint density at radius 2 is 2.08 bits per heavy atom. The summed E-state index contributed by atoms with van der Waals surface area (Å²) in [6.07, 6.45) is 3.25. The predicted octanol–water partition coefficient (Wildman–Crippen LogP) is 2.41. The number of nitrogens with zero attached hydrogens (tertiary/aromatic N) is 2. The highest BCUT2D eigenvalue weighted by Crippen LogP contribution is 2.21. The van der Waals surface area contributed by atoms with Crippen LogP contribution in [0.1, 0.15) is 23.3 Å². The molecule has 1 aliphatic rings. The average molecular weight is 334 g/mol. The second kappa shape index (κ2) is 7.31. The first-order valence-corrected chi connectivity index (χ1v) is 7.57. The molecule has 1 aromatic carbocycles. The summed E-state index contributed by atoms with van der Waals surface area (Å²) in [5.41, 5.74) is -0.267.